The molecule has 3 rings (SSSR count). The van der Waals surface area contributed by atoms with Crippen LogP contribution in [0.3, 0.4) is 0 Å². The summed E-state index contributed by atoms with van der Waals surface area (Å²) in [7, 11) is -3.51. The Balaban J connectivity index is 1.60. The lowest BCUT2D eigenvalue weighted by atomic mass is 9.91. The highest BCUT2D eigenvalue weighted by Crippen LogP contribution is 2.25. The molecular weight excluding hydrogens is 366 g/mol. The van der Waals surface area contributed by atoms with Crippen molar-refractivity contribution >= 4 is 21.6 Å². The van der Waals surface area contributed by atoms with Gasteiger partial charge in [0.05, 0.1) is 35.9 Å². The molecular formula is C16H20ClN3O4S. The second kappa shape index (κ2) is 7.74. The van der Waals surface area contributed by atoms with E-state index in [0.717, 1.165) is 5.69 Å². The molecule has 2 aromatic rings. The van der Waals surface area contributed by atoms with Crippen LogP contribution in [0.25, 0.3) is 5.69 Å². The van der Waals surface area contributed by atoms with Crippen LogP contribution < -0.4 is 9.88 Å². The fourth-order valence-corrected chi connectivity index (χ4v) is 4.06. The van der Waals surface area contributed by atoms with Crippen molar-refractivity contribution in [2.75, 3.05) is 25.6 Å². The van der Waals surface area contributed by atoms with Gasteiger partial charge in [0.2, 0.25) is 10.0 Å². The number of rotatable bonds is 6. The number of hydrogen-bond acceptors (Lipinski definition) is 5. The largest absolute Gasteiger partial charge is 0.493 e. The van der Waals surface area contributed by atoms with Crippen molar-refractivity contribution in [2.24, 2.45) is 17.0 Å². The maximum absolute atomic E-state index is 11.4. The van der Waals surface area contributed by atoms with Crippen LogP contribution >= 0.6 is 11.6 Å². The number of nitrogens with zero attached hydrogens (tertiary/aromatic N) is 2. The van der Waals surface area contributed by atoms with Gasteiger partial charge in [0, 0.05) is 18.7 Å². The minimum Gasteiger partial charge on any atom is -0.493 e. The molecule has 2 N–H and O–H groups in total. The summed E-state index contributed by atoms with van der Waals surface area (Å²) >= 11 is 5.87. The summed E-state index contributed by atoms with van der Waals surface area (Å²) < 4.78 is 35.7. The Morgan fingerprint density at radius 3 is 2.72 bits per heavy atom. The molecule has 0 radical (unpaired) electrons. The van der Waals surface area contributed by atoms with E-state index >= 15 is 0 Å². The Bertz CT molecular complexity index is 807. The Morgan fingerprint density at radius 2 is 2.08 bits per heavy atom. The van der Waals surface area contributed by atoms with E-state index in [4.69, 9.17) is 26.2 Å². The standard InChI is InChI=1S/C16H20ClN3O4S/c17-14-7-19-20(8-14)15-1-3-16(4-2-15)24-10-13-9-23-6-5-12(13)11-25(18,21)22/h1-4,7-8,12-13H,5-6,9-11H2,(H2,18,21,22). The first-order chi connectivity index (χ1) is 11.9. The number of ether oxygens (including phenoxy) is 2. The lowest BCUT2D eigenvalue weighted by molar-refractivity contribution is 0.00448. The molecule has 25 heavy (non-hydrogen) atoms. The summed E-state index contributed by atoms with van der Waals surface area (Å²) in [6.45, 7) is 1.41. The molecule has 7 nitrogen and oxygen atoms in total. The van der Waals surface area contributed by atoms with E-state index in [1.54, 1.807) is 17.1 Å². The van der Waals surface area contributed by atoms with Gasteiger partial charge in [-0.15, -0.1) is 0 Å². The number of primary sulfonamides is 1. The van der Waals surface area contributed by atoms with Crippen LogP contribution in [0, 0.1) is 11.8 Å². The molecule has 1 aliphatic rings. The average Bonchev–Trinajstić information content (AvgIpc) is 3.00. The van der Waals surface area contributed by atoms with Crippen LogP contribution in [0.2, 0.25) is 5.02 Å². The van der Waals surface area contributed by atoms with Gasteiger partial charge in [-0.05, 0) is 36.6 Å². The third kappa shape index (κ3) is 5.18. The average molecular weight is 386 g/mol. The second-order valence-electron chi connectivity index (χ2n) is 6.12. The normalized spacial score (nSPS) is 21.2. The molecule has 1 aromatic heterocycles. The quantitative estimate of drug-likeness (QED) is 0.818. The summed E-state index contributed by atoms with van der Waals surface area (Å²) in [5, 5.41) is 9.89. The van der Waals surface area contributed by atoms with Crippen LogP contribution in [0.5, 0.6) is 5.75 Å². The van der Waals surface area contributed by atoms with Crippen molar-refractivity contribution in [1.82, 2.24) is 9.78 Å². The Labute approximate surface area is 151 Å². The number of halogens is 1. The van der Waals surface area contributed by atoms with Crippen molar-refractivity contribution in [3.8, 4) is 11.4 Å². The first-order valence-electron chi connectivity index (χ1n) is 7.92. The molecule has 2 atom stereocenters. The van der Waals surface area contributed by atoms with E-state index in [9.17, 15) is 8.42 Å². The van der Waals surface area contributed by atoms with Crippen molar-refractivity contribution in [2.45, 2.75) is 6.42 Å². The van der Waals surface area contributed by atoms with Crippen LogP contribution in [0.1, 0.15) is 6.42 Å². The zero-order valence-corrected chi connectivity index (χ0v) is 15.1. The molecule has 1 aromatic carbocycles. The summed E-state index contributed by atoms with van der Waals surface area (Å²) in [6, 6.07) is 7.42. The minimum atomic E-state index is -3.51. The zero-order valence-electron chi connectivity index (χ0n) is 13.5. The fraction of sp³-hybridized carbons (Fsp3) is 0.438. The van der Waals surface area contributed by atoms with E-state index in [1.165, 1.54) is 0 Å². The molecule has 1 fully saturated rings. The van der Waals surface area contributed by atoms with Crippen LogP contribution in [-0.4, -0.2) is 43.8 Å². The molecule has 0 saturated carbocycles. The number of benzene rings is 1. The highest BCUT2D eigenvalue weighted by molar-refractivity contribution is 7.89. The molecule has 0 bridgehead atoms. The van der Waals surface area contributed by atoms with Crippen molar-refractivity contribution < 1.29 is 17.9 Å². The Hall–Kier alpha value is -1.61. The summed E-state index contributed by atoms with van der Waals surface area (Å²) in [4.78, 5) is 0. The topological polar surface area (TPSA) is 96.4 Å². The molecule has 136 valence electrons. The summed E-state index contributed by atoms with van der Waals surface area (Å²) in [6.07, 6.45) is 3.96. The third-order valence-corrected chi connectivity index (χ3v) is 5.28. The third-order valence-electron chi connectivity index (χ3n) is 4.19. The monoisotopic (exact) mass is 385 g/mol. The van der Waals surface area contributed by atoms with E-state index < -0.39 is 10.0 Å². The van der Waals surface area contributed by atoms with E-state index in [2.05, 4.69) is 5.10 Å². The van der Waals surface area contributed by atoms with E-state index in [0.29, 0.717) is 37.0 Å². The lowest BCUT2D eigenvalue weighted by Crippen LogP contribution is -2.37. The molecule has 1 saturated heterocycles. The van der Waals surface area contributed by atoms with Gasteiger partial charge in [-0.25, -0.2) is 18.2 Å². The molecule has 1 aliphatic heterocycles. The van der Waals surface area contributed by atoms with E-state index in [-0.39, 0.29) is 17.6 Å². The van der Waals surface area contributed by atoms with Crippen molar-refractivity contribution in [3.05, 3.63) is 41.7 Å². The zero-order chi connectivity index (χ0) is 17.9. The Morgan fingerprint density at radius 1 is 1.32 bits per heavy atom. The van der Waals surface area contributed by atoms with Gasteiger partial charge in [-0.3, -0.25) is 0 Å². The van der Waals surface area contributed by atoms with E-state index in [1.807, 2.05) is 24.3 Å². The first-order valence-corrected chi connectivity index (χ1v) is 10.0. The molecule has 2 unspecified atom stereocenters. The smallest absolute Gasteiger partial charge is 0.209 e. The number of sulfonamides is 1. The molecule has 0 amide bonds. The van der Waals surface area contributed by atoms with Gasteiger partial charge < -0.3 is 9.47 Å². The summed E-state index contributed by atoms with van der Waals surface area (Å²) in [5.41, 5.74) is 0.868. The minimum absolute atomic E-state index is 0.00308. The molecule has 2 heterocycles. The SMILES string of the molecule is NS(=O)(=O)CC1CCOCC1COc1ccc(-n2cc(Cl)cn2)cc1. The number of nitrogens with two attached hydrogens (primary N) is 1. The van der Waals surface area contributed by atoms with Gasteiger partial charge in [0.15, 0.2) is 0 Å². The van der Waals surface area contributed by atoms with Gasteiger partial charge >= 0.3 is 0 Å². The molecule has 0 spiro atoms. The molecule has 9 heteroatoms. The number of hydrogen-bond donors (Lipinski definition) is 1. The van der Waals surface area contributed by atoms with Gasteiger partial charge in [-0.2, -0.15) is 5.10 Å². The second-order valence-corrected chi connectivity index (χ2v) is 8.22. The van der Waals surface area contributed by atoms with Crippen molar-refractivity contribution in [1.29, 1.82) is 0 Å². The van der Waals surface area contributed by atoms with Crippen LogP contribution in [0.15, 0.2) is 36.7 Å². The van der Waals surface area contributed by atoms with Crippen LogP contribution in [-0.2, 0) is 14.8 Å². The summed E-state index contributed by atoms with van der Waals surface area (Å²) in [5.74, 6) is 0.608. The maximum Gasteiger partial charge on any atom is 0.209 e. The Kier molecular flexibility index (Phi) is 5.63. The highest BCUT2D eigenvalue weighted by atomic mass is 35.5. The lowest BCUT2D eigenvalue weighted by Gasteiger charge is -2.30. The highest BCUT2D eigenvalue weighted by Gasteiger charge is 2.29. The predicted octanol–water partition coefficient (Wildman–Crippen LogP) is 1.85. The fourth-order valence-electron chi connectivity index (χ4n) is 2.88. The van der Waals surface area contributed by atoms with Gasteiger partial charge in [0.25, 0.3) is 0 Å². The number of aromatic nitrogens is 2. The van der Waals surface area contributed by atoms with Gasteiger partial charge in [-0.1, -0.05) is 11.6 Å². The first kappa shape index (κ1) is 18.2. The molecule has 0 aliphatic carbocycles. The van der Waals surface area contributed by atoms with Crippen molar-refractivity contribution in [3.63, 3.8) is 0 Å². The van der Waals surface area contributed by atoms with Gasteiger partial charge in [0.1, 0.15) is 5.75 Å². The predicted molar refractivity (Wildman–Crippen MR) is 94.5 cm³/mol. The maximum atomic E-state index is 11.4. The van der Waals surface area contributed by atoms with Crippen LogP contribution in [0.4, 0.5) is 0 Å².